The SMILES string of the molecule is CC1CCN(S(=O)(=O)N2CCC3(CC2)C[C@@H]3c2nnc(-c3cccc(F)c3)o2)CC1. The summed E-state index contributed by atoms with van der Waals surface area (Å²) in [6.07, 6.45) is 4.42. The van der Waals surface area contributed by atoms with Gasteiger partial charge in [-0.3, -0.25) is 0 Å². The molecule has 0 unspecified atom stereocenters. The Balaban J connectivity index is 1.23. The number of hydrogen-bond acceptors (Lipinski definition) is 5. The predicted molar refractivity (Wildman–Crippen MR) is 109 cm³/mol. The van der Waals surface area contributed by atoms with Crippen LogP contribution in [0.1, 0.15) is 50.8 Å². The Hall–Kier alpha value is -1.84. The first-order chi connectivity index (χ1) is 14.4. The zero-order valence-corrected chi connectivity index (χ0v) is 17.9. The molecule has 3 heterocycles. The standard InChI is InChI=1S/C21H27FN4O3S/c1-15-5-9-25(10-6-15)30(27,28)26-11-7-21(8-12-26)14-18(21)20-24-23-19(29-20)16-3-2-4-17(22)13-16/h2-4,13,15,18H,5-12,14H2,1H3/t18-/m1/s1. The maximum absolute atomic E-state index is 13.5. The molecule has 1 spiro atoms. The second-order valence-electron chi connectivity index (χ2n) is 9.06. The van der Waals surface area contributed by atoms with E-state index in [4.69, 9.17) is 4.42 Å². The molecule has 1 atom stereocenters. The smallest absolute Gasteiger partial charge is 0.281 e. The molecule has 7 nitrogen and oxygen atoms in total. The van der Waals surface area contributed by atoms with Crippen LogP contribution in [0.5, 0.6) is 0 Å². The first-order valence-electron chi connectivity index (χ1n) is 10.7. The maximum Gasteiger partial charge on any atom is 0.281 e. The van der Waals surface area contributed by atoms with Crippen molar-refractivity contribution in [1.29, 1.82) is 0 Å². The molecule has 0 N–H and O–H groups in total. The lowest BCUT2D eigenvalue weighted by Crippen LogP contribution is -2.49. The number of nitrogens with zero attached hydrogens (tertiary/aromatic N) is 4. The average molecular weight is 435 g/mol. The van der Waals surface area contributed by atoms with Gasteiger partial charge in [0.25, 0.3) is 10.2 Å². The van der Waals surface area contributed by atoms with E-state index in [1.807, 2.05) is 0 Å². The van der Waals surface area contributed by atoms with Crippen molar-refractivity contribution in [1.82, 2.24) is 18.8 Å². The average Bonchev–Trinajstić information content (AvgIpc) is 3.20. The van der Waals surface area contributed by atoms with E-state index >= 15 is 0 Å². The van der Waals surface area contributed by atoms with Crippen LogP contribution in [0.3, 0.4) is 0 Å². The molecule has 1 aromatic carbocycles. The van der Waals surface area contributed by atoms with Gasteiger partial charge in [0.05, 0.1) is 0 Å². The van der Waals surface area contributed by atoms with Crippen molar-refractivity contribution in [3.63, 3.8) is 0 Å². The normalized spacial score (nSPS) is 25.6. The van der Waals surface area contributed by atoms with Gasteiger partial charge < -0.3 is 4.42 Å². The van der Waals surface area contributed by atoms with Gasteiger partial charge in [0.2, 0.25) is 11.8 Å². The summed E-state index contributed by atoms with van der Waals surface area (Å²) in [5.41, 5.74) is 0.619. The Bertz CT molecular complexity index is 1020. The summed E-state index contributed by atoms with van der Waals surface area (Å²) in [7, 11) is -3.37. The van der Waals surface area contributed by atoms with E-state index in [0.29, 0.717) is 49.4 Å². The van der Waals surface area contributed by atoms with Gasteiger partial charge in [-0.15, -0.1) is 10.2 Å². The van der Waals surface area contributed by atoms with Crippen molar-refractivity contribution in [2.75, 3.05) is 26.2 Å². The van der Waals surface area contributed by atoms with Crippen molar-refractivity contribution in [2.45, 2.75) is 44.9 Å². The molecule has 0 amide bonds. The van der Waals surface area contributed by atoms with Gasteiger partial charge in [0.15, 0.2) is 0 Å². The molecule has 3 aliphatic rings. The van der Waals surface area contributed by atoms with E-state index in [2.05, 4.69) is 17.1 Å². The van der Waals surface area contributed by atoms with Crippen LogP contribution < -0.4 is 0 Å². The van der Waals surface area contributed by atoms with Gasteiger partial charge in [-0.2, -0.15) is 17.0 Å². The summed E-state index contributed by atoms with van der Waals surface area (Å²) in [6, 6.07) is 6.12. The lowest BCUT2D eigenvalue weighted by molar-refractivity contribution is 0.217. The number of aromatic nitrogens is 2. The van der Waals surface area contributed by atoms with E-state index in [1.165, 1.54) is 12.1 Å². The molecular formula is C21H27FN4O3S. The predicted octanol–water partition coefficient (Wildman–Crippen LogP) is 3.42. The lowest BCUT2D eigenvalue weighted by atomic mass is 9.92. The van der Waals surface area contributed by atoms with Gasteiger partial charge in [-0.1, -0.05) is 13.0 Å². The van der Waals surface area contributed by atoms with Crippen LogP contribution in [0.2, 0.25) is 0 Å². The summed E-state index contributed by atoms with van der Waals surface area (Å²) in [5, 5.41) is 8.29. The molecule has 0 bridgehead atoms. The summed E-state index contributed by atoms with van der Waals surface area (Å²) in [5.74, 6) is 1.32. The molecule has 30 heavy (non-hydrogen) atoms. The van der Waals surface area contributed by atoms with Crippen LogP contribution in [0.15, 0.2) is 28.7 Å². The first-order valence-corrected chi connectivity index (χ1v) is 12.1. The van der Waals surface area contributed by atoms with Crippen molar-refractivity contribution in [3.05, 3.63) is 36.0 Å². The third-order valence-electron chi connectivity index (χ3n) is 7.11. The monoisotopic (exact) mass is 434 g/mol. The fraction of sp³-hybridized carbons (Fsp3) is 0.619. The second kappa shape index (κ2) is 7.39. The highest BCUT2D eigenvalue weighted by molar-refractivity contribution is 7.86. The largest absolute Gasteiger partial charge is 0.420 e. The molecule has 1 aliphatic carbocycles. The molecule has 3 fully saturated rings. The molecule has 1 aromatic heterocycles. The highest BCUT2D eigenvalue weighted by atomic mass is 32.2. The third-order valence-corrected chi connectivity index (χ3v) is 9.15. The van der Waals surface area contributed by atoms with Crippen molar-refractivity contribution in [2.24, 2.45) is 11.3 Å². The molecule has 162 valence electrons. The summed E-state index contributed by atoms with van der Waals surface area (Å²) >= 11 is 0. The Kier molecular flexibility index (Phi) is 4.95. The third kappa shape index (κ3) is 3.56. The zero-order valence-electron chi connectivity index (χ0n) is 17.1. The highest BCUT2D eigenvalue weighted by Crippen LogP contribution is 2.64. The highest BCUT2D eigenvalue weighted by Gasteiger charge is 2.59. The van der Waals surface area contributed by atoms with Crippen molar-refractivity contribution < 1.29 is 17.2 Å². The van der Waals surface area contributed by atoms with E-state index in [-0.39, 0.29) is 17.2 Å². The van der Waals surface area contributed by atoms with Gasteiger partial charge in [-0.25, -0.2) is 4.39 Å². The molecule has 2 aliphatic heterocycles. The molecule has 2 saturated heterocycles. The number of benzene rings is 1. The number of hydrogen-bond donors (Lipinski definition) is 0. The minimum absolute atomic E-state index is 0.0498. The molecule has 5 rings (SSSR count). The quantitative estimate of drug-likeness (QED) is 0.737. The molecule has 0 radical (unpaired) electrons. The first kappa shape index (κ1) is 20.1. The van der Waals surface area contributed by atoms with Gasteiger partial charge in [0.1, 0.15) is 5.82 Å². The van der Waals surface area contributed by atoms with Gasteiger partial charge in [0, 0.05) is 37.7 Å². The van der Waals surface area contributed by atoms with E-state index in [9.17, 15) is 12.8 Å². The number of halogens is 1. The van der Waals surface area contributed by atoms with Crippen LogP contribution in [-0.2, 0) is 10.2 Å². The topological polar surface area (TPSA) is 79.5 Å². The van der Waals surface area contributed by atoms with Crippen LogP contribution in [-0.4, -0.2) is 53.4 Å². The fourth-order valence-corrected chi connectivity index (χ4v) is 6.55. The van der Waals surface area contributed by atoms with E-state index in [0.717, 1.165) is 32.1 Å². The Morgan fingerprint density at radius 3 is 2.50 bits per heavy atom. The van der Waals surface area contributed by atoms with E-state index in [1.54, 1.807) is 20.7 Å². The number of piperidine rings is 2. The summed E-state index contributed by atoms with van der Waals surface area (Å²) < 4.78 is 48.6. The zero-order chi connectivity index (χ0) is 20.9. The Morgan fingerprint density at radius 1 is 1.10 bits per heavy atom. The Morgan fingerprint density at radius 2 is 1.80 bits per heavy atom. The fourth-order valence-electron chi connectivity index (χ4n) is 4.90. The van der Waals surface area contributed by atoms with Crippen LogP contribution >= 0.6 is 0 Å². The molecular weight excluding hydrogens is 407 g/mol. The molecule has 2 aromatic rings. The van der Waals surface area contributed by atoms with Gasteiger partial charge >= 0.3 is 0 Å². The second-order valence-corrected chi connectivity index (χ2v) is 11.0. The van der Waals surface area contributed by atoms with Crippen molar-refractivity contribution in [3.8, 4) is 11.5 Å². The molecule has 9 heteroatoms. The summed E-state index contributed by atoms with van der Waals surface area (Å²) in [6.45, 7) is 4.50. The van der Waals surface area contributed by atoms with Crippen LogP contribution in [0.4, 0.5) is 4.39 Å². The minimum Gasteiger partial charge on any atom is -0.420 e. The molecule has 1 saturated carbocycles. The van der Waals surface area contributed by atoms with Crippen LogP contribution in [0, 0.1) is 17.2 Å². The summed E-state index contributed by atoms with van der Waals surface area (Å²) in [4.78, 5) is 0. The number of rotatable bonds is 4. The van der Waals surface area contributed by atoms with Crippen molar-refractivity contribution >= 4 is 10.2 Å². The maximum atomic E-state index is 13.5. The van der Waals surface area contributed by atoms with E-state index < -0.39 is 10.2 Å². The van der Waals surface area contributed by atoms with Crippen LogP contribution in [0.25, 0.3) is 11.5 Å². The minimum atomic E-state index is -3.37. The lowest BCUT2D eigenvalue weighted by Gasteiger charge is -2.37. The van der Waals surface area contributed by atoms with Gasteiger partial charge in [-0.05, 0) is 61.6 Å². The Labute approximate surface area is 176 Å².